The number of carbonyl (C=O) groups is 2. The Kier molecular flexibility index (Phi) is 6.28. The highest BCUT2D eigenvalue weighted by molar-refractivity contribution is 5.79. The summed E-state index contributed by atoms with van der Waals surface area (Å²) < 4.78 is 5.62. The lowest BCUT2D eigenvalue weighted by molar-refractivity contribution is -0.134. The molecule has 0 spiro atoms. The fourth-order valence-electron chi connectivity index (χ4n) is 2.56. The lowest BCUT2D eigenvalue weighted by Crippen LogP contribution is -2.54. The topological polar surface area (TPSA) is 61.9 Å². The number of nitrogens with zero attached hydrogens (tertiary/aromatic N) is 2. The Balaban J connectivity index is 1.75. The van der Waals surface area contributed by atoms with Crippen molar-refractivity contribution in [2.45, 2.75) is 27.7 Å². The molecule has 0 atom stereocenters. The predicted molar refractivity (Wildman–Crippen MR) is 97.7 cm³/mol. The van der Waals surface area contributed by atoms with Gasteiger partial charge in [0.15, 0.2) is 6.61 Å². The molecule has 6 heteroatoms. The van der Waals surface area contributed by atoms with Crippen LogP contribution in [0.4, 0.5) is 4.79 Å². The second-order valence-corrected chi connectivity index (χ2v) is 7.64. The van der Waals surface area contributed by atoms with E-state index in [1.54, 1.807) is 9.80 Å². The minimum absolute atomic E-state index is 0.0288. The van der Waals surface area contributed by atoms with Gasteiger partial charge in [-0.2, -0.15) is 0 Å². The highest BCUT2D eigenvalue weighted by atomic mass is 16.5. The Hall–Kier alpha value is -2.24. The van der Waals surface area contributed by atoms with Gasteiger partial charge in [-0.3, -0.25) is 4.79 Å². The van der Waals surface area contributed by atoms with E-state index in [1.807, 2.05) is 31.2 Å². The number of benzene rings is 1. The van der Waals surface area contributed by atoms with E-state index in [0.29, 0.717) is 32.7 Å². The highest BCUT2D eigenvalue weighted by Crippen LogP contribution is 2.16. The summed E-state index contributed by atoms with van der Waals surface area (Å²) in [7, 11) is 0. The molecule has 0 bridgehead atoms. The number of ether oxygens (including phenoxy) is 1. The molecule has 1 N–H and O–H groups in total. The Morgan fingerprint density at radius 2 is 1.68 bits per heavy atom. The molecule has 0 saturated carbocycles. The van der Waals surface area contributed by atoms with Crippen molar-refractivity contribution in [3.8, 4) is 5.75 Å². The molecule has 2 rings (SSSR count). The number of aryl methyl sites for hydroxylation is 1. The van der Waals surface area contributed by atoms with Crippen molar-refractivity contribution in [1.82, 2.24) is 15.1 Å². The van der Waals surface area contributed by atoms with Crippen molar-refractivity contribution in [2.24, 2.45) is 5.41 Å². The van der Waals surface area contributed by atoms with Gasteiger partial charge in [0.2, 0.25) is 0 Å². The lowest BCUT2D eigenvalue weighted by atomic mass is 9.97. The third-order valence-corrected chi connectivity index (χ3v) is 4.13. The Labute approximate surface area is 150 Å². The Bertz CT molecular complexity index is 602. The van der Waals surface area contributed by atoms with Crippen LogP contribution in [0.1, 0.15) is 26.3 Å². The first-order chi connectivity index (χ1) is 11.8. The summed E-state index contributed by atoms with van der Waals surface area (Å²) in [6, 6.07) is 7.59. The van der Waals surface area contributed by atoms with Gasteiger partial charge in [-0.1, -0.05) is 39.0 Å². The maximum absolute atomic E-state index is 12.3. The average Bonchev–Trinajstić information content (AvgIpc) is 2.58. The van der Waals surface area contributed by atoms with E-state index in [2.05, 4.69) is 26.1 Å². The fourth-order valence-corrected chi connectivity index (χ4v) is 2.56. The molecule has 1 aliphatic heterocycles. The maximum Gasteiger partial charge on any atom is 0.317 e. The first-order valence-corrected chi connectivity index (χ1v) is 8.75. The van der Waals surface area contributed by atoms with Crippen LogP contribution in [0, 0.1) is 12.3 Å². The second-order valence-electron chi connectivity index (χ2n) is 7.64. The molecule has 0 aliphatic carbocycles. The van der Waals surface area contributed by atoms with Gasteiger partial charge in [0, 0.05) is 32.7 Å². The molecule has 1 fully saturated rings. The number of piperazine rings is 1. The van der Waals surface area contributed by atoms with Gasteiger partial charge in [0.1, 0.15) is 5.75 Å². The number of hydrogen-bond donors (Lipinski definition) is 1. The van der Waals surface area contributed by atoms with Crippen LogP contribution in [0.3, 0.4) is 0 Å². The Morgan fingerprint density at radius 3 is 2.28 bits per heavy atom. The highest BCUT2D eigenvalue weighted by Gasteiger charge is 2.25. The smallest absolute Gasteiger partial charge is 0.317 e. The van der Waals surface area contributed by atoms with Gasteiger partial charge in [-0.25, -0.2) is 4.79 Å². The van der Waals surface area contributed by atoms with E-state index in [-0.39, 0.29) is 24.0 Å². The summed E-state index contributed by atoms with van der Waals surface area (Å²) in [4.78, 5) is 28.0. The first-order valence-electron chi connectivity index (χ1n) is 8.75. The number of amides is 3. The van der Waals surface area contributed by atoms with Crippen LogP contribution in [-0.2, 0) is 4.79 Å². The molecule has 0 radical (unpaired) electrons. The summed E-state index contributed by atoms with van der Waals surface area (Å²) in [5.41, 5.74) is 1.07. The van der Waals surface area contributed by atoms with Crippen LogP contribution < -0.4 is 10.1 Å². The van der Waals surface area contributed by atoms with Crippen molar-refractivity contribution in [1.29, 1.82) is 0 Å². The van der Waals surface area contributed by atoms with Crippen LogP contribution in [0.2, 0.25) is 0 Å². The molecular formula is C19H29N3O3. The quantitative estimate of drug-likeness (QED) is 0.909. The van der Waals surface area contributed by atoms with Crippen LogP contribution in [-0.4, -0.2) is 61.1 Å². The van der Waals surface area contributed by atoms with Crippen molar-refractivity contribution in [3.05, 3.63) is 29.8 Å². The summed E-state index contributed by atoms with van der Waals surface area (Å²) in [5.74, 6) is 0.689. The predicted octanol–water partition coefficient (Wildman–Crippen LogP) is 2.27. The number of carbonyl (C=O) groups excluding carboxylic acids is 2. The van der Waals surface area contributed by atoms with Crippen molar-refractivity contribution in [2.75, 3.05) is 39.3 Å². The zero-order valence-corrected chi connectivity index (χ0v) is 15.7. The molecule has 1 aromatic rings. The van der Waals surface area contributed by atoms with Crippen molar-refractivity contribution in [3.63, 3.8) is 0 Å². The van der Waals surface area contributed by atoms with Crippen LogP contribution in [0.15, 0.2) is 24.3 Å². The number of rotatable bonds is 4. The zero-order chi connectivity index (χ0) is 18.4. The third kappa shape index (κ3) is 5.96. The molecular weight excluding hydrogens is 318 g/mol. The van der Waals surface area contributed by atoms with Crippen molar-refractivity contribution < 1.29 is 14.3 Å². The van der Waals surface area contributed by atoms with Crippen molar-refractivity contribution >= 4 is 11.9 Å². The number of para-hydroxylation sites is 1. The normalized spacial score (nSPS) is 15.0. The largest absolute Gasteiger partial charge is 0.484 e. The van der Waals surface area contributed by atoms with Crippen LogP contribution >= 0.6 is 0 Å². The zero-order valence-electron chi connectivity index (χ0n) is 15.7. The van der Waals surface area contributed by atoms with E-state index < -0.39 is 0 Å². The molecule has 1 aromatic carbocycles. The number of hydrogen-bond acceptors (Lipinski definition) is 3. The minimum atomic E-state index is -0.0572. The van der Waals surface area contributed by atoms with Gasteiger partial charge in [0.25, 0.3) is 5.91 Å². The van der Waals surface area contributed by atoms with E-state index in [1.165, 1.54) is 0 Å². The maximum atomic E-state index is 12.3. The van der Waals surface area contributed by atoms with Gasteiger partial charge >= 0.3 is 6.03 Å². The monoisotopic (exact) mass is 347 g/mol. The van der Waals surface area contributed by atoms with Crippen LogP contribution in [0.5, 0.6) is 5.75 Å². The molecule has 1 saturated heterocycles. The van der Waals surface area contributed by atoms with Gasteiger partial charge < -0.3 is 19.9 Å². The SMILES string of the molecule is Cc1ccccc1OCC(=O)N1CCN(C(=O)NCC(C)(C)C)CC1. The average molecular weight is 347 g/mol. The van der Waals surface area contributed by atoms with E-state index in [9.17, 15) is 9.59 Å². The molecule has 3 amide bonds. The second kappa shape index (κ2) is 8.23. The summed E-state index contributed by atoms with van der Waals surface area (Å²) in [5, 5.41) is 2.95. The van der Waals surface area contributed by atoms with Gasteiger partial charge in [-0.15, -0.1) is 0 Å². The number of nitrogens with one attached hydrogen (secondary N) is 1. The molecule has 0 aromatic heterocycles. The number of urea groups is 1. The molecule has 138 valence electrons. The molecule has 0 unspecified atom stereocenters. The lowest BCUT2D eigenvalue weighted by Gasteiger charge is -2.35. The van der Waals surface area contributed by atoms with E-state index in [4.69, 9.17) is 4.74 Å². The molecule has 1 heterocycles. The summed E-state index contributed by atoms with van der Waals surface area (Å²) >= 11 is 0. The minimum Gasteiger partial charge on any atom is -0.484 e. The molecule has 25 heavy (non-hydrogen) atoms. The Morgan fingerprint density at radius 1 is 1.08 bits per heavy atom. The van der Waals surface area contributed by atoms with Gasteiger partial charge in [-0.05, 0) is 24.0 Å². The first kappa shape index (κ1) is 19.1. The van der Waals surface area contributed by atoms with E-state index in [0.717, 1.165) is 11.3 Å². The summed E-state index contributed by atoms with van der Waals surface area (Å²) in [6.07, 6.45) is 0. The third-order valence-electron chi connectivity index (χ3n) is 4.13. The standard InChI is InChI=1S/C19H29N3O3/c1-15-7-5-6-8-16(15)25-13-17(23)21-9-11-22(12-10-21)18(24)20-14-19(2,3)4/h5-8H,9-14H2,1-4H3,(H,20,24). The summed E-state index contributed by atoms with van der Waals surface area (Å²) in [6.45, 7) is 11.0. The van der Waals surface area contributed by atoms with Crippen LogP contribution in [0.25, 0.3) is 0 Å². The van der Waals surface area contributed by atoms with Gasteiger partial charge in [0.05, 0.1) is 0 Å². The molecule has 6 nitrogen and oxygen atoms in total. The fraction of sp³-hybridized carbons (Fsp3) is 0.579. The molecule has 1 aliphatic rings. The van der Waals surface area contributed by atoms with E-state index >= 15 is 0 Å².